The topological polar surface area (TPSA) is 63.1 Å². The third kappa shape index (κ3) is 2.41. The van der Waals surface area contributed by atoms with Crippen molar-refractivity contribution < 1.29 is 4.39 Å². The third-order valence-corrected chi connectivity index (χ3v) is 4.72. The lowest BCUT2D eigenvalue weighted by Crippen LogP contribution is -2.04. The van der Waals surface area contributed by atoms with Crippen LogP contribution < -0.4 is 5.32 Å². The fraction of sp³-hybridized carbons (Fsp3) is 0.333. The first kappa shape index (κ1) is 13.5. The van der Waals surface area contributed by atoms with Gasteiger partial charge >= 0.3 is 0 Å². The zero-order chi connectivity index (χ0) is 15.1. The molecule has 0 amide bonds. The van der Waals surface area contributed by atoms with Gasteiger partial charge in [-0.25, -0.2) is 19.3 Å². The number of allylic oxidation sites excluding steroid dienone is 1. The van der Waals surface area contributed by atoms with E-state index in [-0.39, 0.29) is 0 Å². The van der Waals surface area contributed by atoms with Gasteiger partial charge in [-0.3, -0.25) is 4.99 Å². The van der Waals surface area contributed by atoms with Crippen LogP contribution in [0.25, 0.3) is 5.57 Å². The Balaban J connectivity index is 1.70. The molecular formula is C15H14FN5S. The molecule has 3 heterocycles. The molecule has 1 aliphatic heterocycles. The molecule has 7 heteroatoms. The first-order valence-corrected chi connectivity index (χ1v) is 7.93. The molecule has 5 nitrogen and oxygen atoms in total. The van der Waals surface area contributed by atoms with Gasteiger partial charge in [-0.1, -0.05) is 0 Å². The molecule has 4 rings (SSSR count). The molecule has 0 saturated carbocycles. The summed E-state index contributed by atoms with van der Waals surface area (Å²) in [5, 5.41) is 3.80. The number of hydrogen-bond donors (Lipinski definition) is 1. The average Bonchev–Trinajstić information content (AvgIpc) is 3.03. The van der Waals surface area contributed by atoms with E-state index in [1.807, 2.05) is 19.2 Å². The summed E-state index contributed by atoms with van der Waals surface area (Å²) in [6, 6.07) is 1.84. The van der Waals surface area contributed by atoms with Crippen LogP contribution in [0.4, 0.5) is 15.5 Å². The molecule has 0 radical (unpaired) electrons. The predicted molar refractivity (Wildman–Crippen MR) is 85.7 cm³/mol. The molecule has 2 aromatic rings. The maximum absolute atomic E-state index is 14.1. The molecule has 2 aromatic heterocycles. The Bertz CT molecular complexity index is 795. The molecule has 22 heavy (non-hydrogen) atoms. The number of aryl methyl sites for hydroxylation is 1. The van der Waals surface area contributed by atoms with Crippen molar-refractivity contribution in [1.82, 2.24) is 15.0 Å². The number of halogens is 1. The van der Waals surface area contributed by atoms with E-state index in [9.17, 15) is 4.39 Å². The number of nitrogens with one attached hydrogen (secondary N) is 1. The van der Waals surface area contributed by atoms with Gasteiger partial charge in [0.15, 0.2) is 5.13 Å². The molecule has 0 saturated heterocycles. The number of rotatable bonds is 2. The van der Waals surface area contributed by atoms with E-state index in [0.717, 1.165) is 27.4 Å². The smallest absolute Gasteiger partial charge is 0.229 e. The number of anilines is 2. The number of hydrogen-bond acceptors (Lipinski definition) is 6. The monoisotopic (exact) mass is 315 g/mol. The Labute approximate surface area is 131 Å². The maximum Gasteiger partial charge on any atom is 0.229 e. The number of nitrogens with zero attached hydrogens (tertiary/aromatic N) is 4. The summed E-state index contributed by atoms with van der Waals surface area (Å²) >= 11 is 1.46. The van der Waals surface area contributed by atoms with E-state index >= 15 is 0 Å². The van der Waals surface area contributed by atoms with Gasteiger partial charge in [0.1, 0.15) is 6.17 Å². The lowest BCUT2D eigenvalue weighted by atomic mass is 10.1. The minimum atomic E-state index is -0.864. The highest BCUT2D eigenvalue weighted by Gasteiger charge is 2.27. The van der Waals surface area contributed by atoms with E-state index < -0.39 is 6.17 Å². The number of fused-ring (bicyclic) bond motifs is 2. The van der Waals surface area contributed by atoms with Crippen molar-refractivity contribution in [1.29, 1.82) is 0 Å². The van der Waals surface area contributed by atoms with Crippen LogP contribution in [-0.4, -0.2) is 33.9 Å². The van der Waals surface area contributed by atoms with Crippen LogP contribution >= 0.6 is 11.3 Å². The lowest BCUT2D eigenvalue weighted by molar-refractivity contribution is 0.332. The fourth-order valence-electron chi connectivity index (χ4n) is 2.73. The molecule has 1 N–H and O–H groups in total. The van der Waals surface area contributed by atoms with E-state index in [4.69, 9.17) is 0 Å². The Morgan fingerprint density at radius 1 is 1.32 bits per heavy atom. The largest absolute Gasteiger partial charge is 0.300 e. The second-order valence-corrected chi connectivity index (χ2v) is 6.51. The second-order valence-electron chi connectivity index (χ2n) is 5.43. The zero-order valence-electron chi connectivity index (χ0n) is 12.0. The Morgan fingerprint density at radius 2 is 2.23 bits per heavy atom. The molecule has 0 aromatic carbocycles. The van der Waals surface area contributed by atoms with Gasteiger partial charge in [-0.2, -0.15) is 0 Å². The van der Waals surface area contributed by atoms with Crippen molar-refractivity contribution in [2.75, 3.05) is 11.9 Å². The van der Waals surface area contributed by atoms with Crippen molar-refractivity contribution >= 4 is 34.2 Å². The van der Waals surface area contributed by atoms with Gasteiger partial charge in [-0.05, 0) is 18.6 Å². The van der Waals surface area contributed by atoms with Gasteiger partial charge in [-0.15, -0.1) is 11.3 Å². The molecule has 1 unspecified atom stereocenters. The number of thiazole rings is 1. The zero-order valence-corrected chi connectivity index (χ0v) is 12.8. The normalized spacial score (nSPS) is 19.8. The fourth-order valence-corrected chi connectivity index (χ4v) is 3.76. The van der Waals surface area contributed by atoms with E-state index in [0.29, 0.717) is 30.5 Å². The molecule has 0 spiro atoms. The van der Waals surface area contributed by atoms with E-state index in [1.54, 1.807) is 6.20 Å². The van der Waals surface area contributed by atoms with Crippen LogP contribution in [0, 0.1) is 6.92 Å². The second kappa shape index (κ2) is 5.24. The Hall–Kier alpha value is -2.15. The summed E-state index contributed by atoms with van der Waals surface area (Å²) < 4.78 is 14.1. The van der Waals surface area contributed by atoms with Crippen LogP contribution in [0.5, 0.6) is 0 Å². The van der Waals surface area contributed by atoms with E-state index in [2.05, 4.69) is 25.3 Å². The molecule has 0 bridgehead atoms. The van der Waals surface area contributed by atoms with Gasteiger partial charge in [0.05, 0.1) is 12.2 Å². The lowest BCUT2D eigenvalue weighted by Gasteiger charge is -2.04. The highest BCUT2D eigenvalue weighted by Crippen LogP contribution is 2.37. The quantitative estimate of drug-likeness (QED) is 0.925. The molecule has 112 valence electrons. The molecule has 1 aliphatic carbocycles. The minimum absolute atomic E-state index is 0.407. The molecular weight excluding hydrogens is 301 g/mol. The van der Waals surface area contributed by atoms with Crippen molar-refractivity contribution in [2.24, 2.45) is 4.99 Å². The first-order valence-electron chi connectivity index (χ1n) is 7.11. The average molecular weight is 315 g/mol. The summed E-state index contributed by atoms with van der Waals surface area (Å²) in [6.07, 6.45) is 3.52. The Kier molecular flexibility index (Phi) is 3.22. The predicted octanol–water partition coefficient (Wildman–Crippen LogP) is 3.11. The van der Waals surface area contributed by atoms with Crippen LogP contribution in [0.15, 0.2) is 22.8 Å². The summed E-state index contributed by atoms with van der Waals surface area (Å²) in [4.78, 5) is 18.3. The van der Waals surface area contributed by atoms with Crippen molar-refractivity contribution in [3.05, 3.63) is 34.1 Å². The van der Waals surface area contributed by atoms with Crippen LogP contribution in [-0.2, 0) is 6.42 Å². The number of aromatic nitrogens is 3. The van der Waals surface area contributed by atoms with Crippen molar-refractivity contribution in [3.63, 3.8) is 0 Å². The van der Waals surface area contributed by atoms with E-state index in [1.165, 1.54) is 11.3 Å². The maximum atomic E-state index is 14.1. The highest BCUT2D eigenvalue weighted by molar-refractivity contribution is 7.15. The number of alkyl halides is 1. The Morgan fingerprint density at radius 3 is 3.09 bits per heavy atom. The summed E-state index contributed by atoms with van der Waals surface area (Å²) in [6.45, 7) is 2.50. The summed E-state index contributed by atoms with van der Waals surface area (Å²) in [5.41, 5.74) is 3.78. The molecule has 2 aliphatic rings. The summed E-state index contributed by atoms with van der Waals surface area (Å²) in [7, 11) is 0. The first-order chi connectivity index (χ1) is 10.7. The van der Waals surface area contributed by atoms with Gasteiger partial charge < -0.3 is 5.32 Å². The van der Waals surface area contributed by atoms with Crippen LogP contribution in [0.3, 0.4) is 0 Å². The molecule has 0 fully saturated rings. The van der Waals surface area contributed by atoms with Gasteiger partial charge in [0.25, 0.3) is 0 Å². The highest BCUT2D eigenvalue weighted by atomic mass is 32.1. The van der Waals surface area contributed by atoms with Crippen molar-refractivity contribution in [2.45, 2.75) is 25.9 Å². The SMILES string of the molecule is Cc1ccnc(Nc2nc3c(s2)CC(F)CC2=C3C=NC2)n1. The number of aliphatic imine (C=N–C) groups is 1. The molecule has 1 atom stereocenters. The van der Waals surface area contributed by atoms with Gasteiger partial charge in [0.2, 0.25) is 5.95 Å². The van der Waals surface area contributed by atoms with Crippen LogP contribution in [0.1, 0.15) is 22.7 Å². The van der Waals surface area contributed by atoms with Gasteiger partial charge in [0, 0.05) is 41.4 Å². The third-order valence-electron chi connectivity index (χ3n) is 3.72. The summed E-state index contributed by atoms with van der Waals surface area (Å²) in [5.74, 6) is 0.509. The standard InChI is InChI=1S/C15H14FN5S/c1-8-2-3-18-14(19-8)21-15-20-13-11-7-17-6-9(11)4-10(16)5-12(13)22-15/h2-3,7,10H,4-6H2,1H3,(H,18,19,20,21). The van der Waals surface area contributed by atoms with Crippen molar-refractivity contribution in [3.8, 4) is 0 Å². The van der Waals surface area contributed by atoms with Crippen LogP contribution in [0.2, 0.25) is 0 Å². The minimum Gasteiger partial charge on any atom is -0.300 e.